The first-order valence-corrected chi connectivity index (χ1v) is 6.11. The van der Waals surface area contributed by atoms with Crippen LogP contribution in [-0.4, -0.2) is 12.1 Å². The van der Waals surface area contributed by atoms with Crippen molar-refractivity contribution < 1.29 is 4.74 Å². The Morgan fingerprint density at radius 1 is 1.29 bits per heavy atom. The highest BCUT2D eigenvalue weighted by atomic mass is 32.2. The topological polar surface area (TPSA) is 48.1 Å². The summed E-state index contributed by atoms with van der Waals surface area (Å²) < 4.78 is 5.31. The Bertz CT molecular complexity index is 502. The van der Waals surface area contributed by atoms with Crippen LogP contribution >= 0.6 is 11.8 Å². The summed E-state index contributed by atoms with van der Waals surface area (Å²) in [5.74, 6) is 0.878. The van der Waals surface area contributed by atoms with E-state index < -0.39 is 0 Å². The molecule has 0 amide bonds. The Balaban J connectivity index is 2.24. The smallest absolute Gasteiger partial charge is 0.132 e. The maximum Gasteiger partial charge on any atom is 0.132 e. The average molecular weight is 246 g/mol. The van der Waals surface area contributed by atoms with E-state index in [0.29, 0.717) is 6.54 Å². The predicted octanol–water partition coefficient (Wildman–Crippen LogP) is 2.70. The molecule has 0 bridgehead atoms. The van der Waals surface area contributed by atoms with Gasteiger partial charge in [-0.1, -0.05) is 23.9 Å². The molecule has 0 saturated carbocycles. The van der Waals surface area contributed by atoms with Gasteiger partial charge in [0.15, 0.2) is 0 Å². The monoisotopic (exact) mass is 246 g/mol. The minimum Gasteiger partial charge on any atom is -0.496 e. The van der Waals surface area contributed by atoms with E-state index in [1.54, 1.807) is 25.1 Å². The molecule has 0 aliphatic carbocycles. The van der Waals surface area contributed by atoms with Gasteiger partial charge in [-0.2, -0.15) is 0 Å². The van der Waals surface area contributed by atoms with E-state index in [2.05, 4.69) is 4.98 Å². The highest BCUT2D eigenvalue weighted by Gasteiger charge is 2.04. The zero-order chi connectivity index (χ0) is 12.1. The number of rotatable bonds is 4. The SMILES string of the molecule is COc1ccccc1Sc1ccnc(CN)c1. The van der Waals surface area contributed by atoms with Crippen LogP contribution in [0.3, 0.4) is 0 Å². The van der Waals surface area contributed by atoms with Crippen LogP contribution in [0.1, 0.15) is 5.69 Å². The predicted molar refractivity (Wildman–Crippen MR) is 69.2 cm³/mol. The van der Waals surface area contributed by atoms with Gasteiger partial charge in [0.25, 0.3) is 0 Å². The molecule has 1 aromatic carbocycles. The Hall–Kier alpha value is -1.52. The fourth-order valence-electron chi connectivity index (χ4n) is 1.46. The lowest BCUT2D eigenvalue weighted by Gasteiger charge is -2.07. The van der Waals surface area contributed by atoms with Crippen LogP contribution in [0.2, 0.25) is 0 Å². The van der Waals surface area contributed by atoms with Crippen molar-refractivity contribution >= 4 is 11.8 Å². The molecule has 0 spiro atoms. The van der Waals surface area contributed by atoms with E-state index >= 15 is 0 Å². The van der Waals surface area contributed by atoms with Crippen molar-refractivity contribution in [1.29, 1.82) is 0 Å². The second-order valence-electron chi connectivity index (χ2n) is 3.44. The molecule has 2 aromatic rings. The Morgan fingerprint density at radius 3 is 2.88 bits per heavy atom. The van der Waals surface area contributed by atoms with E-state index in [4.69, 9.17) is 10.5 Å². The molecule has 3 nitrogen and oxygen atoms in total. The van der Waals surface area contributed by atoms with Gasteiger partial charge in [-0.3, -0.25) is 4.98 Å². The van der Waals surface area contributed by atoms with Crippen LogP contribution in [0.15, 0.2) is 52.4 Å². The number of ether oxygens (including phenoxy) is 1. The van der Waals surface area contributed by atoms with Gasteiger partial charge in [-0.25, -0.2) is 0 Å². The van der Waals surface area contributed by atoms with Crippen LogP contribution in [0.4, 0.5) is 0 Å². The molecule has 1 heterocycles. The van der Waals surface area contributed by atoms with Crippen LogP contribution in [-0.2, 0) is 6.54 Å². The molecule has 0 aliphatic rings. The van der Waals surface area contributed by atoms with Crippen molar-refractivity contribution in [3.63, 3.8) is 0 Å². The minimum atomic E-state index is 0.459. The van der Waals surface area contributed by atoms with Gasteiger partial charge in [0.1, 0.15) is 5.75 Å². The first-order valence-electron chi connectivity index (χ1n) is 5.29. The Labute approximate surface area is 105 Å². The molecule has 88 valence electrons. The summed E-state index contributed by atoms with van der Waals surface area (Å²) in [7, 11) is 1.68. The Morgan fingerprint density at radius 2 is 2.12 bits per heavy atom. The van der Waals surface area contributed by atoms with Crippen molar-refractivity contribution in [3.8, 4) is 5.75 Å². The third-order valence-corrected chi connectivity index (χ3v) is 3.34. The molecule has 0 saturated heterocycles. The van der Waals surface area contributed by atoms with Gasteiger partial charge in [-0.05, 0) is 24.3 Å². The fraction of sp³-hybridized carbons (Fsp3) is 0.154. The molecule has 0 fully saturated rings. The van der Waals surface area contributed by atoms with Crippen LogP contribution in [0.5, 0.6) is 5.75 Å². The largest absolute Gasteiger partial charge is 0.496 e. The third-order valence-electron chi connectivity index (χ3n) is 2.29. The molecule has 0 aliphatic heterocycles. The quantitative estimate of drug-likeness (QED) is 0.901. The molecule has 0 unspecified atom stereocenters. The maximum absolute atomic E-state index is 5.57. The van der Waals surface area contributed by atoms with Crippen molar-refractivity contribution in [2.24, 2.45) is 5.73 Å². The van der Waals surface area contributed by atoms with Crippen LogP contribution in [0, 0.1) is 0 Å². The zero-order valence-electron chi connectivity index (χ0n) is 9.59. The second kappa shape index (κ2) is 5.70. The lowest BCUT2D eigenvalue weighted by atomic mass is 10.3. The van der Waals surface area contributed by atoms with E-state index in [9.17, 15) is 0 Å². The second-order valence-corrected chi connectivity index (χ2v) is 4.56. The van der Waals surface area contributed by atoms with Gasteiger partial charge in [0.2, 0.25) is 0 Å². The molecule has 1 aromatic heterocycles. The summed E-state index contributed by atoms with van der Waals surface area (Å²) in [4.78, 5) is 6.38. The number of para-hydroxylation sites is 1. The summed E-state index contributed by atoms with van der Waals surface area (Å²) in [5.41, 5.74) is 6.47. The van der Waals surface area contributed by atoms with Crippen molar-refractivity contribution in [2.75, 3.05) is 7.11 Å². The lowest BCUT2D eigenvalue weighted by Crippen LogP contribution is -1.98. The molecule has 0 atom stereocenters. The standard InChI is InChI=1S/C13H14N2OS/c1-16-12-4-2-3-5-13(12)17-11-6-7-15-10(8-11)9-14/h2-8H,9,14H2,1H3. The Kier molecular flexibility index (Phi) is 4.01. The van der Waals surface area contributed by atoms with Crippen LogP contribution in [0.25, 0.3) is 0 Å². The number of hydrogen-bond donors (Lipinski definition) is 1. The number of pyridine rings is 1. The van der Waals surface area contributed by atoms with Gasteiger partial charge in [-0.15, -0.1) is 0 Å². The molecule has 2 rings (SSSR count). The summed E-state index contributed by atoms with van der Waals surface area (Å²) in [5, 5.41) is 0. The molecule has 2 N–H and O–H groups in total. The van der Waals surface area contributed by atoms with E-state index in [0.717, 1.165) is 21.2 Å². The van der Waals surface area contributed by atoms with Crippen molar-refractivity contribution in [3.05, 3.63) is 48.3 Å². The summed E-state index contributed by atoms with van der Waals surface area (Å²) in [6.07, 6.45) is 1.78. The zero-order valence-corrected chi connectivity index (χ0v) is 10.4. The number of benzene rings is 1. The van der Waals surface area contributed by atoms with Crippen LogP contribution < -0.4 is 10.5 Å². The van der Waals surface area contributed by atoms with Crippen molar-refractivity contribution in [2.45, 2.75) is 16.3 Å². The summed E-state index contributed by atoms with van der Waals surface area (Å²) in [6.45, 7) is 0.459. The third kappa shape index (κ3) is 2.99. The molecular formula is C13H14N2OS. The van der Waals surface area contributed by atoms with E-state index in [-0.39, 0.29) is 0 Å². The highest BCUT2D eigenvalue weighted by molar-refractivity contribution is 7.99. The first-order chi connectivity index (χ1) is 8.33. The number of methoxy groups -OCH3 is 1. The maximum atomic E-state index is 5.57. The molecule has 4 heteroatoms. The van der Waals surface area contributed by atoms with E-state index in [1.165, 1.54) is 0 Å². The summed E-state index contributed by atoms with van der Waals surface area (Å²) >= 11 is 1.65. The minimum absolute atomic E-state index is 0.459. The normalized spacial score (nSPS) is 10.2. The number of aromatic nitrogens is 1. The fourth-order valence-corrected chi connectivity index (χ4v) is 2.44. The van der Waals surface area contributed by atoms with Crippen molar-refractivity contribution in [1.82, 2.24) is 4.98 Å². The number of hydrogen-bond acceptors (Lipinski definition) is 4. The molecular weight excluding hydrogens is 232 g/mol. The highest BCUT2D eigenvalue weighted by Crippen LogP contribution is 2.34. The average Bonchev–Trinajstić information content (AvgIpc) is 2.39. The van der Waals surface area contributed by atoms with E-state index in [1.807, 2.05) is 36.4 Å². The van der Waals surface area contributed by atoms with Gasteiger partial charge in [0.05, 0.1) is 17.7 Å². The molecule has 17 heavy (non-hydrogen) atoms. The number of nitrogens with two attached hydrogens (primary N) is 1. The summed E-state index contributed by atoms with van der Waals surface area (Å²) in [6, 6.07) is 11.9. The van der Waals surface area contributed by atoms with Gasteiger partial charge in [0, 0.05) is 17.6 Å². The molecule has 0 radical (unpaired) electrons. The first kappa shape index (κ1) is 12.0. The number of nitrogens with zero attached hydrogens (tertiary/aromatic N) is 1. The van der Waals surface area contributed by atoms with Gasteiger partial charge >= 0.3 is 0 Å². The lowest BCUT2D eigenvalue weighted by molar-refractivity contribution is 0.405. The van der Waals surface area contributed by atoms with Gasteiger partial charge < -0.3 is 10.5 Å².